The van der Waals surface area contributed by atoms with Crippen LogP contribution in [0.4, 0.5) is 10.2 Å². The number of aromatic amines is 1. The van der Waals surface area contributed by atoms with E-state index in [9.17, 15) is 9.59 Å². The number of rotatable bonds is 12. The first-order chi connectivity index (χ1) is 25.4. The number of aryl methyl sites for hydroxylation is 1. The van der Waals surface area contributed by atoms with Crippen molar-refractivity contribution in [3.63, 3.8) is 0 Å². The van der Waals surface area contributed by atoms with Crippen LogP contribution in [0.2, 0.25) is 0 Å². The van der Waals surface area contributed by atoms with Crippen LogP contribution in [0.3, 0.4) is 0 Å². The normalized spacial score (nSPS) is 14.8. The van der Waals surface area contributed by atoms with Crippen LogP contribution in [-0.2, 0) is 16.1 Å². The van der Waals surface area contributed by atoms with Gasteiger partial charge in [0.05, 0.1) is 32.0 Å². The van der Waals surface area contributed by atoms with Crippen LogP contribution >= 0.6 is 0 Å². The number of amides is 2. The van der Waals surface area contributed by atoms with Crippen molar-refractivity contribution in [3.05, 3.63) is 90.3 Å². The van der Waals surface area contributed by atoms with E-state index in [0.29, 0.717) is 92.6 Å². The topological polar surface area (TPSA) is 131 Å². The molecule has 1 saturated heterocycles. The molecule has 0 spiro atoms. The van der Waals surface area contributed by atoms with E-state index < -0.39 is 5.82 Å². The number of pyridine rings is 1. The van der Waals surface area contributed by atoms with Gasteiger partial charge in [0.2, 0.25) is 5.91 Å². The highest BCUT2D eigenvalue weighted by molar-refractivity contribution is 6.05. The molecule has 1 fully saturated rings. The summed E-state index contributed by atoms with van der Waals surface area (Å²) in [5.41, 5.74) is 3.07. The number of nitrogens with zero attached hydrogens (tertiary/aromatic N) is 7. The highest BCUT2D eigenvalue weighted by Gasteiger charge is 2.29. The lowest BCUT2D eigenvalue weighted by atomic mass is 9.93. The number of ether oxygens (including phenoxy) is 3. The number of H-pyrrole nitrogens is 1. The molecular weight excluding hydrogens is 667 g/mol. The fraction of sp³-hybridized carbons (Fsp3) is 0.342. The Kier molecular flexibility index (Phi) is 10.4. The molecule has 0 radical (unpaired) electrons. The predicted molar refractivity (Wildman–Crippen MR) is 196 cm³/mol. The number of aromatic nitrogens is 5. The third-order valence-electron chi connectivity index (χ3n) is 9.52. The Morgan fingerprint density at radius 3 is 2.54 bits per heavy atom. The molecule has 13 nitrogen and oxygen atoms in total. The second-order valence-electron chi connectivity index (χ2n) is 12.7. The summed E-state index contributed by atoms with van der Waals surface area (Å²) >= 11 is 0. The number of benzene rings is 2. The Hall–Kier alpha value is -5.76. The van der Waals surface area contributed by atoms with Gasteiger partial charge in [-0.3, -0.25) is 14.3 Å². The van der Waals surface area contributed by atoms with E-state index in [-0.39, 0.29) is 31.7 Å². The number of hydrogen-bond acceptors (Lipinski definition) is 9. The Morgan fingerprint density at radius 1 is 0.923 bits per heavy atom. The lowest BCUT2D eigenvalue weighted by Crippen LogP contribution is -2.49. The van der Waals surface area contributed by atoms with Gasteiger partial charge in [-0.15, -0.1) is 5.10 Å². The second kappa shape index (κ2) is 15.6. The van der Waals surface area contributed by atoms with Crippen LogP contribution in [0.25, 0.3) is 27.6 Å². The van der Waals surface area contributed by atoms with Gasteiger partial charge in [0.25, 0.3) is 5.91 Å². The quantitative estimate of drug-likeness (QED) is 0.180. The summed E-state index contributed by atoms with van der Waals surface area (Å²) in [6.07, 6.45) is 7.85. The van der Waals surface area contributed by atoms with Crippen molar-refractivity contribution in [2.45, 2.75) is 19.4 Å². The van der Waals surface area contributed by atoms with Crippen molar-refractivity contribution in [2.24, 2.45) is 0 Å². The Morgan fingerprint density at radius 2 is 1.75 bits per heavy atom. The lowest BCUT2D eigenvalue weighted by Gasteiger charge is -2.35. The first-order valence-corrected chi connectivity index (χ1v) is 17.4. The van der Waals surface area contributed by atoms with Crippen molar-refractivity contribution >= 4 is 34.1 Å². The summed E-state index contributed by atoms with van der Waals surface area (Å²) in [6, 6.07) is 14.8. The Balaban J connectivity index is 0.00000481. The zero-order valence-corrected chi connectivity index (χ0v) is 29.3. The zero-order chi connectivity index (χ0) is 36.0. The van der Waals surface area contributed by atoms with Gasteiger partial charge < -0.3 is 33.9 Å². The number of carbonyl (C=O) groups excluding carboxylic acids is 2. The fourth-order valence-corrected chi connectivity index (χ4v) is 6.83. The molecule has 7 rings (SSSR count). The number of hydrogen-bond donors (Lipinski definition) is 1. The summed E-state index contributed by atoms with van der Waals surface area (Å²) < 4.78 is 35.1. The molecule has 2 aliphatic rings. The van der Waals surface area contributed by atoms with Gasteiger partial charge in [-0.25, -0.2) is 9.37 Å². The molecule has 52 heavy (non-hydrogen) atoms. The third kappa shape index (κ3) is 7.19. The standard InChI is InChI=1S/C38H41FN8O5.H2/c1-50-21-22-52-33-10-5-12-40-37(33)44-17-19-45(20-18-44)38(49)31-24-30-29(27-8-3-4-9-32(27)51-2)23-28(35(39)36(30)42-31)26-7-6-14-46(25-26)34(48)11-15-47-16-13-41-43-47;/h3-5,7-10,12-13,16,23-24,42H,6,11,14-15,17-22,25H2,1-2H3;1H. The number of halogens is 1. The van der Waals surface area contributed by atoms with E-state index in [0.717, 1.165) is 16.9 Å². The van der Waals surface area contributed by atoms with Crippen molar-refractivity contribution in [1.82, 2.24) is 34.8 Å². The maximum Gasteiger partial charge on any atom is 0.270 e. The van der Waals surface area contributed by atoms with Crippen LogP contribution in [0.15, 0.2) is 73.2 Å². The molecule has 0 unspecified atom stereocenters. The van der Waals surface area contributed by atoms with E-state index in [4.69, 9.17) is 14.2 Å². The molecule has 1 N–H and O–H groups in total. The molecule has 14 heteroatoms. The number of anilines is 1. The number of nitrogens with one attached hydrogen (secondary N) is 1. The van der Waals surface area contributed by atoms with Gasteiger partial charge in [-0.05, 0) is 47.9 Å². The van der Waals surface area contributed by atoms with Crippen LogP contribution in [-0.4, -0.2) is 113 Å². The largest absolute Gasteiger partial charge is 0.496 e. The minimum absolute atomic E-state index is 0. The molecule has 3 aromatic heterocycles. The maximum absolute atomic E-state index is 16.7. The van der Waals surface area contributed by atoms with Gasteiger partial charge in [0, 0.05) is 83.1 Å². The molecule has 0 aliphatic carbocycles. The number of piperazine rings is 1. The lowest BCUT2D eigenvalue weighted by molar-refractivity contribution is -0.131. The molecule has 272 valence electrons. The molecule has 0 bridgehead atoms. The van der Waals surface area contributed by atoms with Crippen LogP contribution in [0.1, 0.15) is 30.3 Å². The molecule has 5 heterocycles. The average molecular weight is 711 g/mol. The van der Waals surface area contributed by atoms with Crippen LogP contribution < -0.4 is 14.4 Å². The Labute approximate surface area is 302 Å². The first kappa shape index (κ1) is 34.7. The number of carbonyl (C=O) groups is 2. The van der Waals surface area contributed by atoms with E-state index in [1.807, 2.05) is 48.5 Å². The second-order valence-corrected chi connectivity index (χ2v) is 12.7. The smallest absolute Gasteiger partial charge is 0.270 e. The monoisotopic (exact) mass is 710 g/mol. The third-order valence-corrected chi connectivity index (χ3v) is 9.52. The van der Waals surface area contributed by atoms with Crippen molar-refractivity contribution in [3.8, 4) is 22.6 Å². The number of methoxy groups -OCH3 is 2. The molecule has 5 aromatic rings. The fourth-order valence-electron chi connectivity index (χ4n) is 6.83. The van der Waals surface area contributed by atoms with E-state index >= 15 is 4.39 Å². The van der Waals surface area contributed by atoms with Crippen molar-refractivity contribution < 1.29 is 29.6 Å². The zero-order valence-electron chi connectivity index (χ0n) is 29.3. The van der Waals surface area contributed by atoms with Gasteiger partial charge in [0.15, 0.2) is 17.4 Å². The van der Waals surface area contributed by atoms with Gasteiger partial charge in [-0.2, -0.15) is 0 Å². The number of para-hydroxylation sites is 1. The first-order valence-electron chi connectivity index (χ1n) is 17.4. The molecule has 2 aromatic carbocycles. The molecular formula is C38H43FN8O5. The molecule has 0 saturated carbocycles. The summed E-state index contributed by atoms with van der Waals surface area (Å²) in [4.78, 5) is 40.5. The summed E-state index contributed by atoms with van der Waals surface area (Å²) in [5, 5.41) is 8.31. The highest BCUT2D eigenvalue weighted by Crippen LogP contribution is 2.40. The summed E-state index contributed by atoms with van der Waals surface area (Å²) in [6.45, 7) is 4.08. The van der Waals surface area contributed by atoms with E-state index in [1.165, 1.54) is 0 Å². The minimum atomic E-state index is -0.475. The Bertz CT molecular complexity index is 2080. The van der Waals surface area contributed by atoms with Gasteiger partial charge in [0.1, 0.15) is 18.1 Å². The van der Waals surface area contributed by atoms with Gasteiger partial charge in [-0.1, -0.05) is 29.5 Å². The molecule has 2 aliphatic heterocycles. The van der Waals surface area contributed by atoms with E-state index in [1.54, 1.807) is 53.4 Å². The van der Waals surface area contributed by atoms with E-state index in [2.05, 4.69) is 25.2 Å². The summed E-state index contributed by atoms with van der Waals surface area (Å²) in [5.74, 6) is 1.27. The molecule has 2 amide bonds. The predicted octanol–water partition coefficient (Wildman–Crippen LogP) is 4.91. The highest BCUT2D eigenvalue weighted by atomic mass is 19.1. The van der Waals surface area contributed by atoms with Gasteiger partial charge >= 0.3 is 0 Å². The molecule has 0 atom stereocenters. The van der Waals surface area contributed by atoms with Crippen LogP contribution in [0.5, 0.6) is 11.5 Å². The maximum atomic E-state index is 16.7. The number of fused-ring (bicyclic) bond motifs is 1. The SMILES string of the molecule is COCCOc1cccnc1N1CCN(C(=O)c2cc3c(-c4ccccc4OC)cc(C4=CCCN(C(=O)CCn5ccnn5)C4)c(F)c3[nH]2)CC1.[HH]. The average Bonchev–Trinajstić information content (AvgIpc) is 3.89. The van der Waals surface area contributed by atoms with Crippen LogP contribution in [0, 0.1) is 5.82 Å². The van der Waals surface area contributed by atoms with Crippen molar-refractivity contribution in [2.75, 3.05) is 71.6 Å². The minimum Gasteiger partial charge on any atom is -0.496 e. The van der Waals surface area contributed by atoms with Crippen molar-refractivity contribution in [1.29, 1.82) is 0 Å². The summed E-state index contributed by atoms with van der Waals surface area (Å²) in [7, 11) is 3.22.